The van der Waals surface area contributed by atoms with Crippen LogP contribution in [0.3, 0.4) is 0 Å². The maximum absolute atomic E-state index is 12.6. The van der Waals surface area contributed by atoms with Crippen LogP contribution in [0.2, 0.25) is 0 Å². The lowest BCUT2D eigenvalue weighted by Gasteiger charge is -2.31. The average molecular weight is 344 g/mol. The van der Waals surface area contributed by atoms with E-state index in [9.17, 15) is 9.59 Å². The maximum atomic E-state index is 12.6. The van der Waals surface area contributed by atoms with E-state index >= 15 is 0 Å². The molecule has 0 atom stereocenters. The first-order valence-electron chi connectivity index (χ1n) is 8.38. The number of hydrogen-bond acceptors (Lipinski definition) is 5. The third-order valence-electron chi connectivity index (χ3n) is 4.94. The largest absolute Gasteiger partial charge is 0.462 e. The van der Waals surface area contributed by atoms with Crippen LogP contribution < -0.4 is 0 Å². The van der Waals surface area contributed by atoms with Gasteiger partial charge in [-0.25, -0.2) is 9.78 Å². The number of nitrogens with zero attached hydrogens (tertiary/aromatic N) is 2. The number of amides is 1. The van der Waals surface area contributed by atoms with Crippen molar-refractivity contribution in [3.8, 4) is 0 Å². The van der Waals surface area contributed by atoms with E-state index in [0.717, 1.165) is 41.5 Å². The lowest BCUT2D eigenvalue weighted by molar-refractivity contribution is -0.160. The highest BCUT2D eigenvalue weighted by Gasteiger charge is 2.47. The maximum Gasteiger partial charge on any atom is 0.396 e. The van der Waals surface area contributed by atoms with Gasteiger partial charge in [0.2, 0.25) is 0 Å². The van der Waals surface area contributed by atoms with Gasteiger partial charge in [0.1, 0.15) is 0 Å². The van der Waals surface area contributed by atoms with E-state index in [0.29, 0.717) is 18.4 Å². The molecular weight excluding hydrogens is 324 g/mol. The molecule has 0 bridgehead atoms. The van der Waals surface area contributed by atoms with Crippen molar-refractivity contribution in [2.75, 3.05) is 7.11 Å². The minimum atomic E-state index is -0.768. The molecule has 4 rings (SSSR count). The van der Waals surface area contributed by atoms with E-state index in [4.69, 9.17) is 4.74 Å². The lowest BCUT2D eigenvalue weighted by atomic mass is 10.0. The predicted octanol–water partition coefficient (Wildman–Crippen LogP) is 2.99. The van der Waals surface area contributed by atoms with Gasteiger partial charge < -0.3 is 9.64 Å². The minimum Gasteiger partial charge on any atom is -0.462 e. The molecule has 1 amide bonds. The van der Waals surface area contributed by atoms with Gasteiger partial charge in [-0.05, 0) is 55.2 Å². The number of fused-ring (bicyclic) bond motifs is 1. The highest BCUT2D eigenvalue weighted by molar-refractivity contribution is 7.16. The zero-order valence-corrected chi connectivity index (χ0v) is 14.4. The number of hydrogen-bond donors (Lipinski definition) is 0. The molecule has 1 aromatic heterocycles. The molecule has 2 aromatic rings. The van der Waals surface area contributed by atoms with Gasteiger partial charge in [-0.15, -0.1) is 11.3 Å². The van der Waals surface area contributed by atoms with Gasteiger partial charge in [0.05, 0.1) is 22.8 Å². The van der Waals surface area contributed by atoms with Gasteiger partial charge in [0.25, 0.3) is 0 Å². The summed E-state index contributed by atoms with van der Waals surface area (Å²) < 4.78 is 5.83. The molecule has 1 heterocycles. The number of methoxy groups -OCH3 is 1. The number of ether oxygens (including phenoxy) is 1. The van der Waals surface area contributed by atoms with E-state index in [1.807, 2.05) is 23.7 Å². The Balaban J connectivity index is 1.63. The zero-order valence-electron chi connectivity index (χ0n) is 13.6. The van der Waals surface area contributed by atoms with Crippen LogP contribution in [-0.2, 0) is 20.9 Å². The Hall–Kier alpha value is -1.95. The van der Waals surface area contributed by atoms with Gasteiger partial charge in [-0.3, -0.25) is 4.79 Å². The van der Waals surface area contributed by atoms with Crippen molar-refractivity contribution in [1.29, 1.82) is 0 Å². The van der Waals surface area contributed by atoms with Crippen LogP contribution in [0.15, 0.2) is 23.7 Å². The molecule has 0 saturated heterocycles. The number of rotatable bonds is 5. The summed E-state index contributed by atoms with van der Waals surface area (Å²) >= 11 is 1.60. The summed E-state index contributed by atoms with van der Waals surface area (Å²) in [4.78, 5) is 30.6. The topological polar surface area (TPSA) is 59.5 Å². The fourth-order valence-electron chi connectivity index (χ4n) is 3.48. The Morgan fingerprint density at radius 2 is 2.00 bits per heavy atom. The van der Waals surface area contributed by atoms with E-state index in [1.165, 1.54) is 7.11 Å². The van der Waals surface area contributed by atoms with Crippen molar-refractivity contribution in [3.05, 3.63) is 29.3 Å². The van der Waals surface area contributed by atoms with E-state index in [1.54, 1.807) is 16.2 Å². The minimum absolute atomic E-state index is 0.169. The Morgan fingerprint density at radius 3 is 2.62 bits per heavy atom. The van der Waals surface area contributed by atoms with Crippen LogP contribution in [0, 0.1) is 11.8 Å². The summed E-state index contributed by atoms with van der Waals surface area (Å²) in [6.07, 6.45) is 4.60. The smallest absolute Gasteiger partial charge is 0.396 e. The van der Waals surface area contributed by atoms with Crippen LogP contribution in [0.25, 0.3) is 10.2 Å². The van der Waals surface area contributed by atoms with E-state index in [2.05, 4.69) is 4.98 Å². The molecule has 126 valence electrons. The predicted molar refractivity (Wildman–Crippen MR) is 91.4 cm³/mol. The standard InChI is InChI=1S/C18H20N2O3S/c1-23-18(22)17(21)20(16(12-3-4-12)13-5-6-13)9-11-2-7-15-14(8-11)19-10-24-15/h2,7-8,10,12-13,16H,3-6,9H2,1H3. The molecule has 1 aromatic carbocycles. The SMILES string of the molecule is COC(=O)C(=O)N(Cc1ccc2scnc2c1)C(C1CC1)C1CC1. The Bertz CT molecular complexity index is 767. The average Bonchev–Trinajstić information content (AvgIpc) is 3.52. The van der Waals surface area contributed by atoms with Crippen molar-refractivity contribution in [2.24, 2.45) is 11.8 Å². The molecule has 0 aliphatic heterocycles. The quantitative estimate of drug-likeness (QED) is 0.618. The second-order valence-corrected chi connectivity index (χ2v) is 7.63. The van der Waals surface area contributed by atoms with Crippen LogP contribution >= 0.6 is 11.3 Å². The summed E-state index contributed by atoms with van der Waals surface area (Å²) in [5.74, 6) is -0.209. The van der Waals surface area contributed by atoms with E-state index in [-0.39, 0.29) is 6.04 Å². The molecule has 2 fully saturated rings. The van der Waals surface area contributed by atoms with Gasteiger partial charge >= 0.3 is 11.9 Å². The molecule has 5 nitrogen and oxygen atoms in total. The van der Waals surface area contributed by atoms with Gasteiger partial charge in [-0.2, -0.15) is 0 Å². The fraction of sp³-hybridized carbons (Fsp3) is 0.500. The monoisotopic (exact) mass is 344 g/mol. The molecular formula is C18H20N2O3S. The zero-order chi connectivity index (χ0) is 16.7. The highest BCUT2D eigenvalue weighted by Crippen LogP contribution is 2.47. The van der Waals surface area contributed by atoms with Gasteiger partial charge in [0.15, 0.2) is 0 Å². The van der Waals surface area contributed by atoms with Gasteiger partial charge in [0, 0.05) is 12.6 Å². The Kier molecular flexibility index (Phi) is 4.00. The van der Waals surface area contributed by atoms with E-state index < -0.39 is 11.9 Å². The third kappa shape index (κ3) is 3.02. The summed E-state index contributed by atoms with van der Waals surface area (Å²) in [5, 5.41) is 0. The van der Waals surface area contributed by atoms with Gasteiger partial charge in [-0.1, -0.05) is 6.07 Å². The van der Waals surface area contributed by atoms with Crippen molar-refractivity contribution in [1.82, 2.24) is 9.88 Å². The molecule has 2 aliphatic rings. The molecule has 0 radical (unpaired) electrons. The van der Waals surface area contributed by atoms with Crippen LogP contribution in [0.1, 0.15) is 31.2 Å². The fourth-order valence-corrected chi connectivity index (χ4v) is 4.14. The molecule has 2 aliphatic carbocycles. The Labute approximate surface area is 144 Å². The number of benzene rings is 1. The summed E-state index contributed by atoms with van der Waals surface area (Å²) in [7, 11) is 1.27. The summed E-state index contributed by atoms with van der Waals surface area (Å²) in [6.45, 7) is 0.444. The number of aromatic nitrogens is 1. The first-order chi connectivity index (χ1) is 11.7. The normalized spacial score (nSPS) is 17.2. The molecule has 0 N–H and O–H groups in total. The second kappa shape index (κ2) is 6.16. The van der Waals surface area contributed by atoms with Crippen LogP contribution in [-0.4, -0.2) is 34.9 Å². The van der Waals surface area contributed by atoms with Crippen LogP contribution in [0.4, 0.5) is 0 Å². The molecule has 2 saturated carbocycles. The van der Waals surface area contributed by atoms with Crippen molar-refractivity contribution < 1.29 is 14.3 Å². The molecule has 0 unspecified atom stereocenters. The number of thiazole rings is 1. The van der Waals surface area contributed by atoms with Crippen LogP contribution in [0.5, 0.6) is 0 Å². The summed E-state index contributed by atoms with van der Waals surface area (Å²) in [6, 6.07) is 6.24. The Morgan fingerprint density at radius 1 is 1.29 bits per heavy atom. The lowest BCUT2D eigenvalue weighted by Crippen LogP contribution is -2.46. The van der Waals surface area contributed by atoms with Crippen molar-refractivity contribution >= 4 is 33.4 Å². The highest BCUT2D eigenvalue weighted by atomic mass is 32.1. The third-order valence-corrected chi connectivity index (χ3v) is 5.75. The number of carbonyl (C=O) groups is 2. The molecule has 24 heavy (non-hydrogen) atoms. The molecule has 6 heteroatoms. The summed E-state index contributed by atoms with van der Waals surface area (Å²) in [5.41, 5.74) is 3.78. The van der Waals surface area contributed by atoms with Crippen molar-refractivity contribution in [3.63, 3.8) is 0 Å². The second-order valence-electron chi connectivity index (χ2n) is 6.74. The van der Waals surface area contributed by atoms with Crippen molar-refractivity contribution in [2.45, 2.75) is 38.3 Å². The first kappa shape index (κ1) is 15.6. The number of carbonyl (C=O) groups excluding carboxylic acids is 2. The number of esters is 1. The first-order valence-corrected chi connectivity index (χ1v) is 9.26. The molecule has 0 spiro atoms.